The first-order valence-corrected chi connectivity index (χ1v) is 9.36. The van der Waals surface area contributed by atoms with Crippen LogP contribution in [-0.2, 0) is 4.79 Å². The van der Waals surface area contributed by atoms with Gasteiger partial charge >= 0.3 is 0 Å². The Morgan fingerprint density at radius 2 is 1.78 bits per heavy atom. The molecule has 0 aliphatic rings. The molecule has 0 aliphatic heterocycles. The fourth-order valence-corrected chi connectivity index (χ4v) is 3.28. The Balaban J connectivity index is 1.64. The molecule has 7 heteroatoms. The smallest absolute Gasteiger partial charge is 0.277 e. The Bertz CT molecular complexity index is 918. The summed E-state index contributed by atoms with van der Waals surface area (Å²) in [4.78, 5) is 12.4. The van der Waals surface area contributed by atoms with E-state index in [-0.39, 0.29) is 11.2 Å². The molecule has 0 spiro atoms. The third-order valence-electron chi connectivity index (χ3n) is 3.88. The van der Waals surface area contributed by atoms with Crippen molar-refractivity contribution < 1.29 is 13.9 Å². The number of benzene rings is 2. The van der Waals surface area contributed by atoms with Crippen molar-refractivity contribution in [2.75, 3.05) is 12.4 Å². The summed E-state index contributed by atoms with van der Waals surface area (Å²) in [5, 5.41) is 11.0. The molecule has 0 radical (unpaired) electrons. The summed E-state index contributed by atoms with van der Waals surface area (Å²) in [6.07, 6.45) is 0. The van der Waals surface area contributed by atoms with Crippen molar-refractivity contribution in [1.82, 2.24) is 10.2 Å². The summed E-state index contributed by atoms with van der Waals surface area (Å²) in [6.45, 7) is 5.84. The van der Waals surface area contributed by atoms with Gasteiger partial charge in [-0.05, 0) is 57.2 Å². The van der Waals surface area contributed by atoms with Gasteiger partial charge in [0.05, 0.1) is 12.4 Å². The monoisotopic (exact) mass is 383 g/mol. The van der Waals surface area contributed by atoms with Crippen LogP contribution in [0.5, 0.6) is 5.75 Å². The number of hydrogen-bond donors (Lipinski definition) is 1. The van der Waals surface area contributed by atoms with Crippen molar-refractivity contribution in [3.63, 3.8) is 0 Å². The van der Waals surface area contributed by atoms with E-state index < -0.39 is 0 Å². The maximum absolute atomic E-state index is 12.4. The van der Waals surface area contributed by atoms with Crippen LogP contribution in [-0.4, -0.2) is 28.5 Å². The number of methoxy groups -OCH3 is 1. The summed E-state index contributed by atoms with van der Waals surface area (Å²) >= 11 is 1.23. The van der Waals surface area contributed by atoms with Crippen LogP contribution in [0.15, 0.2) is 52.1 Å². The lowest BCUT2D eigenvalue weighted by Crippen LogP contribution is -2.22. The molecule has 0 aliphatic carbocycles. The van der Waals surface area contributed by atoms with E-state index in [0.717, 1.165) is 22.4 Å². The van der Waals surface area contributed by atoms with Crippen LogP contribution in [0.4, 0.5) is 5.69 Å². The predicted octanol–water partition coefficient (Wildman–Crippen LogP) is 4.48. The molecule has 0 saturated heterocycles. The van der Waals surface area contributed by atoms with Gasteiger partial charge in [-0.15, -0.1) is 10.2 Å². The number of anilines is 1. The fourth-order valence-electron chi connectivity index (χ4n) is 2.60. The summed E-state index contributed by atoms with van der Waals surface area (Å²) in [6, 6.07) is 13.2. The number of ether oxygens (including phenoxy) is 1. The Morgan fingerprint density at radius 3 is 2.41 bits per heavy atom. The van der Waals surface area contributed by atoms with Crippen LogP contribution in [0.3, 0.4) is 0 Å². The average molecular weight is 383 g/mol. The highest BCUT2D eigenvalue weighted by atomic mass is 32.2. The zero-order chi connectivity index (χ0) is 19.4. The summed E-state index contributed by atoms with van der Waals surface area (Å²) < 4.78 is 10.8. The summed E-state index contributed by atoms with van der Waals surface area (Å²) in [5.41, 5.74) is 3.84. The van der Waals surface area contributed by atoms with Gasteiger partial charge in [0.1, 0.15) is 5.75 Å². The lowest BCUT2D eigenvalue weighted by Gasteiger charge is -2.10. The zero-order valence-electron chi connectivity index (χ0n) is 15.6. The quantitative estimate of drug-likeness (QED) is 0.632. The molecular formula is C20H21N3O3S. The Morgan fingerprint density at radius 1 is 1.11 bits per heavy atom. The molecule has 0 unspecified atom stereocenters. The standard InChI is InChI=1S/C20H21N3O3S/c1-12-9-13(2)11-15(10-12)19-22-23-20(26-19)27-14(3)18(24)21-16-5-7-17(25-4)8-6-16/h5-11,14H,1-4H3,(H,21,24)/t14-/m0/s1. The van der Waals surface area contributed by atoms with Crippen LogP contribution in [0, 0.1) is 13.8 Å². The number of carbonyl (C=O) groups excluding carboxylic acids is 1. The number of hydrogen-bond acceptors (Lipinski definition) is 6. The summed E-state index contributed by atoms with van der Waals surface area (Å²) in [5.74, 6) is 1.04. The molecule has 1 atom stereocenters. The minimum atomic E-state index is -0.389. The maximum Gasteiger partial charge on any atom is 0.277 e. The van der Waals surface area contributed by atoms with Gasteiger partial charge in [-0.3, -0.25) is 4.79 Å². The average Bonchev–Trinajstić information content (AvgIpc) is 3.10. The number of rotatable bonds is 6. The molecule has 27 heavy (non-hydrogen) atoms. The first-order chi connectivity index (χ1) is 12.9. The molecule has 1 heterocycles. The van der Waals surface area contributed by atoms with E-state index in [9.17, 15) is 4.79 Å². The lowest BCUT2D eigenvalue weighted by molar-refractivity contribution is -0.115. The molecule has 6 nitrogen and oxygen atoms in total. The van der Waals surface area contributed by atoms with E-state index in [1.54, 1.807) is 38.3 Å². The number of amides is 1. The zero-order valence-corrected chi connectivity index (χ0v) is 16.5. The second kappa shape index (κ2) is 8.26. The normalized spacial score (nSPS) is 11.9. The van der Waals surface area contributed by atoms with Crippen LogP contribution in [0.25, 0.3) is 11.5 Å². The third-order valence-corrected chi connectivity index (χ3v) is 4.81. The van der Waals surface area contributed by atoms with E-state index in [1.165, 1.54) is 11.8 Å². The molecule has 1 N–H and O–H groups in total. The van der Waals surface area contributed by atoms with Gasteiger partial charge in [0.25, 0.3) is 5.22 Å². The van der Waals surface area contributed by atoms with Gasteiger partial charge in [0.2, 0.25) is 11.8 Å². The highest BCUT2D eigenvalue weighted by Gasteiger charge is 2.19. The SMILES string of the molecule is COc1ccc(NC(=O)[C@H](C)Sc2nnc(-c3cc(C)cc(C)c3)o2)cc1. The van der Waals surface area contributed by atoms with E-state index in [2.05, 4.69) is 21.6 Å². The van der Waals surface area contributed by atoms with Gasteiger partial charge < -0.3 is 14.5 Å². The number of thioether (sulfide) groups is 1. The van der Waals surface area contributed by atoms with E-state index >= 15 is 0 Å². The number of aryl methyl sites for hydroxylation is 2. The lowest BCUT2D eigenvalue weighted by atomic mass is 10.1. The second-order valence-corrected chi connectivity index (χ2v) is 7.52. The minimum Gasteiger partial charge on any atom is -0.497 e. The maximum atomic E-state index is 12.4. The van der Waals surface area contributed by atoms with Crippen LogP contribution >= 0.6 is 11.8 Å². The molecule has 3 aromatic rings. The van der Waals surface area contributed by atoms with E-state index in [4.69, 9.17) is 9.15 Å². The van der Waals surface area contributed by atoms with Gasteiger partial charge in [0.15, 0.2) is 0 Å². The fraction of sp³-hybridized carbons (Fsp3) is 0.250. The number of aromatic nitrogens is 2. The van der Waals surface area contributed by atoms with E-state index in [0.29, 0.717) is 16.8 Å². The Labute approximate surface area is 162 Å². The number of nitrogens with one attached hydrogen (secondary N) is 1. The van der Waals surface area contributed by atoms with Gasteiger partial charge in [-0.25, -0.2) is 0 Å². The molecule has 2 aromatic carbocycles. The molecule has 140 valence electrons. The molecule has 1 amide bonds. The molecule has 0 fully saturated rings. The minimum absolute atomic E-state index is 0.142. The van der Waals surface area contributed by atoms with Crippen molar-refractivity contribution in [3.8, 4) is 17.2 Å². The van der Waals surface area contributed by atoms with Crippen LogP contribution in [0.2, 0.25) is 0 Å². The highest BCUT2D eigenvalue weighted by molar-refractivity contribution is 8.00. The topological polar surface area (TPSA) is 77.2 Å². The Hall–Kier alpha value is -2.80. The Kier molecular flexibility index (Phi) is 5.81. The van der Waals surface area contributed by atoms with E-state index in [1.807, 2.05) is 26.0 Å². The van der Waals surface area contributed by atoms with Crippen molar-refractivity contribution >= 4 is 23.4 Å². The highest BCUT2D eigenvalue weighted by Crippen LogP contribution is 2.28. The first-order valence-electron chi connectivity index (χ1n) is 8.48. The molecule has 1 aromatic heterocycles. The second-order valence-electron chi connectivity index (χ2n) is 6.23. The van der Waals surface area contributed by atoms with Crippen molar-refractivity contribution in [3.05, 3.63) is 53.6 Å². The third kappa shape index (κ3) is 4.89. The molecule has 3 rings (SSSR count). The molecule has 0 saturated carbocycles. The van der Waals surface area contributed by atoms with Crippen molar-refractivity contribution in [1.29, 1.82) is 0 Å². The molecular weight excluding hydrogens is 362 g/mol. The van der Waals surface area contributed by atoms with Crippen LogP contribution in [0.1, 0.15) is 18.1 Å². The number of carbonyl (C=O) groups is 1. The van der Waals surface area contributed by atoms with Crippen molar-refractivity contribution in [2.24, 2.45) is 0 Å². The number of nitrogens with zero attached hydrogens (tertiary/aromatic N) is 2. The van der Waals surface area contributed by atoms with Gasteiger partial charge in [-0.1, -0.05) is 29.0 Å². The first kappa shape index (κ1) is 19.0. The summed E-state index contributed by atoms with van der Waals surface area (Å²) in [7, 11) is 1.60. The molecule has 0 bridgehead atoms. The van der Waals surface area contributed by atoms with Crippen LogP contribution < -0.4 is 10.1 Å². The van der Waals surface area contributed by atoms with Gasteiger partial charge in [0, 0.05) is 11.3 Å². The largest absolute Gasteiger partial charge is 0.497 e. The van der Waals surface area contributed by atoms with Gasteiger partial charge in [-0.2, -0.15) is 0 Å². The van der Waals surface area contributed by atoms with Crippen molar-refractivity contribution in [2.45, 2.75) is 31.2 Å². The predicted molar refractivity (Wildman–Crippen MR) is 106 cm³/mol.